The molecular formula is C16H22N4O2. The third kappa shape index (κ3) is 2.97. The van der Waals surface area contributed by atoms with Crippen molar-refractivity contribution in [1.29, 1.82) is 0 Å². The molecule has 118 valence electrons. The largest absolute Gasteiger partial charge is 0.396 e. The van der Waals surface area contributed by atoms with Crippen molar-refractivity contribution in [3.8, 4) is 0 Å². The first-order chi connectivity index (χ1) is 10.5. The Morgan fingerprint density at radius 3 is 2.86 bits per heavy atom. The number of carbonyl (C=O) groups is 1. The van der Waals surface area contributed by atoms with Crippen LogP contribution in [0.4, 0.5) is 0 Å². The zero-order chi connectivity index (χ0) is 15.7. The first-order valence-corrected chi connectivity index (χ1v) is 7.74. The molecule has 2 aromatic rings. The van der Waals surface area contributed by atoms with E-state index in [1.165, 1.54) is 0 Å². The van der Waals surface area contributed by atoms with E-state index in [0.29, 0.717) is 18.0 Å². The Morgan fingerprint density at radius 1 is 1.45 bits per heavy atom. The highest BCUT2D eigenvalue weighted by molar-refractivity contribution is 5.96. The SMILES string of the molecule is CC(C)Cn1ncc2cc(C(=O)NCC3(CO)CC3)cnc21. The minimum Gasteiger partial charge on any atom is -0.396 e. The molecule has 3 rings (SSSR count). The van der Waals surface area contributed by atoms with Crippen LogP contribution in [-0.2, 0) is 6.54 Å². The fraction of sp³-hybridized carbons (Fsp3) is 0.562. The molecule has 0 bridgehead atoms. The molecule has 0 aromatic carbocycles. The second-order valence-electron chi connectivity index (χ2n) is 6.70. The van der Waals surface area contributed by atoms with E-state index in [1.54, 1.807) is 12.4 Å². The van der Waals surface area contributed by atoms with Crippen LogP contribution >= 0.6 is 0 Å². The molecule has 2 N–H and O–H groups in total. The first kappa shape index (κ1) is 15.0. The summed E-state index contributed by atoms with van der Waals surface area (Å²) < 4.78 is 1.87. The van der Waals surface area contributed by atoms with Gasteiger partial charge in [-0.15, -0.1) is 0 Å². The van der Waals surface area contributed by atoms with Gasteiger partial charge in [-0.3, -0.25) is 4.79 Å². The van der Waals surface area contributed by atoms with Gasteiger partial charge in [-0.25, -0.2) is 9.67 Å². The number of hydrogen-bond donors (Lipinski definition) is 2. The van der Waals surface area contributed by atoms with Crippen molar-refractivity contribution in [2.45, 2.75) is 33.2 Å². The van der Waals surface area contributed by atoms with Crippen molar-refractivity contribution >= 4 is 16.9 Å². The minimum absolute atomic E-state index is 0.0880. The quantitative estimate of drug-likeness (QED) is 0.849. The van der Waals surface area contributed by atoms with Gasteiger partial charge in [-0.1, -0.05) is 13.8 Å². The van der Waals surface area contributed by atoms with Crippen LogP contribution in [0.15, 0.2) is 18.5 Å². The lowest BCUT2D eigenvalue weighted by Crippen LogP contribution is -2.31. The van der Waals surface area contributed by atoms with Gasteiger partial charge in [0, 0.05) is 30.1 Å². The number of pyridine rings is 1. The average Bonchev–Trinajstić information content (AvgIpc) is 3.20. The summed E-state index contributed by atoms with van der Waals surface area (Å²) in [5.41, 5.74) is 1.25. The minimum atomic E-state index is -0.147. The summed E-state index contributed by atoms with van der Waals surface area (Å²) in [4.78, 5) is 16.6. The average molecular weight is 302 g/mol. The molecule has 1 amide bonds. The summed E-state index contributed by atoms with van der Waals surface area (Å²) in [7, 11) is 0. The van der Waals surface area contributed by atoms with E-state index >= 15 is 0 Å². The predicted octanol–water partition coefficient (Wildman–Crippen LogP) is 1.59. The third-order valence-corrected chi connectivity index (χ3v) is 4.19. The zero-order valence-electron chi connectivity index (χ0n) is 13.0. The molecule has 6 nitrogen and oxygen atoms in total. The Hall–Kier alpha value is -1.95. The summed E-state index contributed by atoms with van der Waals surface area (Å²) in [5, 5.41) is 17.4. The Kier molecular flexibility index (Phi) is 3.87. The van der Waals surface area contributed by atoms with E-state index < -0.39 is 0 Å². The number of fused-ring (bicyclic) bond motifs is 1. The van der Waals surface area contributed by atoms with Crippen molar-refractivity contribution < 1.29 is 9.90 Å². The third-order valence-electron chi connectivity index (χ3n) is 4.19. The Labute approximate surface area is 129 Å². The molecule has 1 aliphatic rings. The highest BCUT2D eigenvalue weighted by Gasteiger charge is 2.42. The highest BCUT2D eigenvalue weighted by atomic mass is 16.3. The molecule has 2 heterocycles. The van der Waals surface area contributed by atoms with Gasteiger partial charge in [0.1, 0.15) is 0 Å². The normalized spacial score (nSPS) is 16.2. The van der Waals surface area contributed by atoms with E-state index in [9.17, 15) is 9.90 Å². The van der Waals surface area contributed by atoms with Crippen molar-refractivity contribution in [2.24, 2.45) is 11.3 Å². The maximum Gasteiger partial charge on any atom is 0.252 e. The Morgan fingerprint density at radius 2 is 2.23 bits per heavy atom. The summed E-state index contributed by atoms with van der Waals surface area (Å²) >= 11 is 0. The van der Waals surface area contributed by atoms with E-state index in [1.807, 2.05) is 10.7 Å². The van der Waals surface area contributed by atoms with Gasteiger partial charge in [0.2, 0.25) is 0 Å². The summed E-state index contributed by atoms with van der Waals surface area (Å²) in [6.45, 7) is 5.72. The van der Waals surface area contributed by atoms with Crippen molar-refractivity contribution in [3.05, 3.63) is 24.0 Å². The van der Waals surface area contributed by atoms with Gasteiger partial charge in [0.25, 0.3) is 5.91 Å². The Balaban J connectivity index is 1.73. The Bertz CT molecular complexity index is 689. The monoisotopic (exact) mass is 302 g/mol. The zero-order valence-corrected chi connectivity index (χ0v) is 13.0. The van der Waals surface area contributed by atoms with Crippen molar-refractivity contribution in [3.63, 3.8) is 0 Å². The van der Waals surface area contributed by atoms with Crippen LogP contribution in [0.5, 0.6) is 0 Å². The van der Waals surface area contributed by atoms with Crippen LogP contribution in [0.2, 0.25) is 0 Å². The van der Waals surface area contributed by atoms with Gasteiger partial charge >= 0.3 is 0 Å². The van der Waals surface area contributed by atoms with Gasteiger partial charge in [-0.2, -0.15) is 5.10 Å². The molecule has 0 aliphatic heterocycles. The molecule has 22 heavy (non-hydrogen) atoms. The number of nitrogens with zero attached hydrogens (tertiary/aromatic N) is 3. The van der Waals surface area contributed by atoms with Crippen LogP contribution in [-0.4, -0.2) is 38.9 Å². The molecule has 0 spiro atoms. The molecule has 1 saturated carbocycles. The number of carbonyl (C=O) groups excluding carboxylic acids is 1. The fourth-order valence-electron chi connectivity index (χ4n) is 2.51. The van der Waals surface area contributed by atoms with Gasteiger partial charge in [-0.05, 0) is 24.8 Å². The van der Waals surface area contributed by atoms with Crippen LogP contribution < -0.4 is 5.32 Å². The lowest BCUT2D eigenvalue weighted by molar-refractivity contribution is 0.0935. The van der Waals surface area contributed by atoms with Crippen molar-refractivity contribution in [1.82, 2.24) is 20.1 Å². The number of amides is 1. The maximum absolute atomic E-state index is 12.2. The van der Waals surface area contributed by atoms with Gasteiger partial charge in [0.05, 0.1) is 18.4 Å². The number of aromatic nitrogens is 3. The van der Waals surface area contributed by atoms with E-state index in [4.69, 9.17) is 0 Å². The van der Waals surface area contributed by atoms with Crippen LogP contribution in [0.1, 0.15) is 37.0 Å². The molecular weight excluding hydrogens is 280 g/mol. The smallest absolute Gasteiger partial charge is 0.252 e. The summed E-state index contributed by atoms with van der Waals surface area (Å²) in [6, 6.07) is 1.82. The standard InChI is InChI=1S/C16H22N4O2/c1-11(2)8-20-14-12(7-19-20)5-13(6-17-14)15(22)18-9-16(10-21)3-4-16/h5-7,11,21H,3-4,8-10H2,1-2H3,(H,18,22). The van der Waals surface area contributed by atoms with Gasteiger partial charge < -0.3 is 10.4 Å². The maximum atomic E-state index is 12.2. The molecule has 1 aliphatic carbocycles. The topological polar surface area (TPSA) is 80.0 Å². The number of hydrogen-bond acceptors (Lipinski definition) is 4. The number of rotatable bonds is 6. The summed E-state index contributed by atoms with van der Waals surface area (Å²) in [6.07, 6.45) is 5.29. The van der Waals surface area contributed by atoms with E-state index in [-0.39, 0.29) is 17.9 Å². The lowest BCUT2D eigenvalue weighted by Gasteiger charge is -2.12. The van der Waals surface area contributed by atoms with Crippen LogP contribution in [0.25, 0.3) is 11.0 Å². The molecule has 0 unspecified atom stereocenters. The van der Waals surface area contributed by atoms with Crippen molar-refractivity contribution in [2.75, 3.05) is 13.2 Å². The number of aliphatic hydroxyl groups excluding tert-OH is 1. The highest BCUT2D eigenvalue weighted by Crippen LogP contribution is 2.44. The molecule has 0 atom stereocenters. The molecule has 0 saturated heterocycles. The van der Waals surface area contributed by atoms with E-state index in [2.05, 4.69) is 29.2 Å². The molecule has 2 aromatic heterocycles. The molecule has 1 fully saturated rings. The lowest BCUT2D eigenvalue weighted by atomic mass is 10.1. The van der Waals surface area contributed by atoms with Crippen LogP contribution in [0, 0.1) is 11.3 Å². The number of aliphatic hydroxyl groups is 1. The predicted molar refractivity (Wildman–Crippen MR) is 83.5 cm³/mol. The second kappa shape index (κ2) is 5.68. The summed E-state index contributed by atoms with van der Waals surface area (Å²) in [5.74, 6) is 0.340. The molecule has 0 radical (unpaired) electrons. The fourth-order valence-corrected chi connectivity index (χ4v) is 2.51. The number of nitrogens with one attached hydrogen (secondary N) is 1. The van der Waals surface area contributed by atoms with Gasteiger partial charge in [0.15, 0.2) is 5.65 Å². The molecule has 6 heteroatoms. The van der Waals surface area contributed by atoms with E-state index in [0.717, 1.165) is 30.4 Å². The second-order valence-corrected chi connectivity index (χ2v) is 6.70. The first-order valence-electron chi connectivity index (χ1n) is 7.74. The van der Waals surface area contributed by atoms with Crippen LogP contribution in [0.3, 0.4) is 0 Å².